The quantitative estimate of drug-likeness (QED) is 0.881. The minimum Gasteiger partial charge on any atom is -0.493 e. The number of hydrogen-bond donors (Lipinski definition) is 1. The second-order valence-electron chi connectivity index (χ2n) is 3.97. The smallest absolute Gasteiger partial charge is 0.162 e. The largest absolute Gasteiger partial charge is 0.493 e. The summed E-state index contributed by atoms with van der Waals surface area (Å²) in [5, 5.41) is 0. The molecule has 2 rings (SSSR count). The summed E-state index contributed by atoms with van der Waals surface area (Å²) in [4.78, 5) is 7.27. The Morgan fingerprint density at radius 2 is 2.06 bits per heavy atom. The molecule has 0 fully saturated rings. The van der Waals surface area contributed by atoms with Crippen molar-refractivity contribution in [3.8, 4) is 22.9 Å². The van der Waals surface area contributed by atoms with Crippen LogP contribution in [0.5, 0.6) is 11.5 Å². The van der Waals surface area contributed by atoms with E-state index in [1.54, 1.807) is 19.5 Å². The topological polar surface area (TPSA) is 47.1 Å². The van der Waals surface area contributed by atoms with Gasteiger partial charge in [-0.3, -0.25) is 0 Å². The Labute approximate surface area is 101 Å². The molecular formula is C13H16N2O2. The fourth-order valence-electron chi connectivity index (χ4n) is 1.59. The summed E-state index contributed by atoms with van der Waals surface area (Å²) >= 11 is 0. The van der Waals surface area contributed by atoms with Gasteiger partial charge in [0, 0.05) is 18.0 Å². The molecule has 1 heterocycles. The SMILES string of the molecule is COc1ccc(-c2ncc[nH]2)cc1OC(C)C. The molecule has 0 saturated carbocycles. The van der Waals surface area contributed by atoms with Gasteiger partial charge in [0.05, 0.1) is 13.2 Å². The molecule has 1 aromatic carbocycles. The first-order valence-corrected chi connectivity index (χ1v) is 5.55. The Morgan fingerprint density at radius 1 is 1.24 bits per heavy atom. The first-order valence-electron chi connectivity index (χ1n) is 5.55. The second-order valence-corrected chi connectivity index (χ2v) is 3.97. The van der Waals surface area contributed by atoms with E-state index in [9.17, 15) is 0 Å². The molecule has 90 valence electrons. The van der Waals surface area contributed by atoms with Crippen LogP contribution in [-0.4, -0.2) is 23.2 Å². The van der Waals surface area contributed by atoms with E-state index in [1.165, 1.54) is 0 Å². The lowest BCUT2D eigenvalue weighted by atomic mass is 10.2. The minimum atomic E-state index is 0.107. The van der Waals surface area contributed by atoms with Gasteiger partial charge in [-0.05, 0) is 32.0 Å². The standard InChI is InChI=1S/C13H16N2O2/c1-9(2)17-12-8-10(4-5-11(12)16-3)13-14-6-7-15-13/h4-9H,1-3H3,(H,14,15). The first kappa shape index (κ1) is 11.5. The molecule has 0 aliphatic heterocycles. The van der Waals surface area contributed by atoms with Crippen LogP contribution in [0.3, 0.4) is 0 Å². The van der Waals surface area contributed by atoms with Crippen molar-refractivity contribution in [1.29, 1.82) is 0 Å². The Balaban J connectivity index is 2.37. The van der Waals surface area contributed by atoms with Gasteiger partial charge in [0.2, 0.25) is 0 Å². The number of benzene rings is 1. The maximum absolute atomic E-state index is 5.71. The predicted molar refractivity (Wildman–Crippen MR) is 66.3 cm³/mol. The van der Waals surface area contributed by atoms with E-state index in [-0.39, 0.29) is 6.10 Å². The summed E-state index contributed by atoms with van der Waals surface area (Å²) in [5.74, 6) is 2.28. The molecule has 0 radical (unpaired) electrons. The third-order valence-electron chi connectivity index (χ3n) is 2.30. The average Bonchev–Trinajstić information content (AvgIpc) is 2.81. The van der Waals surface area contributed by atoms with Crippen LogP contribution in [0.25, 0.3) is 11.4 Å². The number of methoxy groups -OCH3 is 1. The molecule has 0 aliphatic rings. The van der Waals surface area contributed by atoms with Gasteiger partial charge in [0.1, 0.15) is 5.82 Å². The van der Waals surface area contributed by atoms with Crippen molar-refractivity contribution in [2.45, 2.75) is 20.0 Å². The van der Waals surface area contributed by atoms with E-state index >= 15 is 0 Å². The van der Waals surface area contributed by atoms with Crippen molar-refractivity contribution in [2.75, 3.05) is 7.11 Å². The number of H-pyrrole nitrogens is 1. The number of nitrogens with one attached hydrogen (secondary N) is 1. The summed E-state index contributed by atoms with van der Waals surface area (Å²) in [6, 6.07) is 5.76. The molecule has 2 aromatic rings. The van der Waals surface area contributed by atoms with E-state index in [0.29, 0.717) is 0 Å². The zero-order valence-corrected chi connectivity index (χ0v) is 10.2. The normalized spacial score (nSPS) is 10.6. The number of hydrogen-bond acceptors (Lipinski definition) is 3. The van der Waals surface area contributed by atoms with Crippen LogP contribution in [0, 0.1) is 0 Å². The Bertz CT molecular complexity index is 478. The molecule has 0 aliphatic carbocycles. The number of imidazole rings is 1. The number of aromatic amines is 1. The van der Waals surface area contributed by atoms with Crippen LogP contribution in [0.15, 0.2) is 30.6 Å². The average molecular weight is 232 g/mol. The molecule has 0 unspecified atom stereocenters. The van der Waals surface area contributed by atoms with Crippen LogP contribution < -0.4 is 9.47 Å². The van der Waals surface area contributed by atoms with Gasteiger partial charge < -0.3 is 14.5 Å². The lowest BCUT2D eigenvalue weighted by Gasteiger charge is -2.14. The molecule has 0 saturated heterocycles. The Kier molecular flexibility index (Phi) is 3.32. The van der Waals surface area contributed by atoms with E-state index in [4.69, 9.17) is 9.47 Å². The second kappa shape index (κ2) is 4.91. The molecule has 4 nitrogen and oxygen atoms in total. The first-order chi connectivity index (χ1) is 8.20. The van der Waals surface area contributed by atoms with E-state index in [1.807, 2.05) is 32.0 Å². The fourth-order valence-corrected chi connectivity index (χ4v) is 1.59. The van der Waals surface area contributed by atoms with Crippen molar-refractivity contribution in [3.63, 3.8) is 0 Å². The lowest BCUT2D eigenvalue weighted by molar-refractivity contribution is 0.230. The fraction of sp³-hybridized carbons (Fsp3) is 0.308. The third kappa shape index (κ3) is 2.58. The van der Waals surface area contributed by atoms with Crippen LogP contribution in [0.2, 0.25) is 0 Å². The van der Waals surface area contributed by atoms with Gasteiger partial charge >= 0.3 is 0 Å². The zero-order chi connectivity index (χ0) is 12.3. The zero-order valence-electron chi connectivity index (χ0n) is 10.2. The monoisotopic (exact) mass is 232 g/mol. The van der Waals surface area contributed by atoms with Crippen LogP contribution in [0.1, 0.15) is 13.8 Å². The molecular weight excluding hydrogens is 216 g/mol. The summed E-state index contributed by atoms with van der Waals surface area (Å²) in [5.41, 5.74) is 0.978. The Hall–Kier alpha value is -1.97. The maximum atomic E-state index is 5.71. The van der Waals surface area contributed by atoms with Gasteiger partial charge in [-0.2, -0.15) is 0 Å². The number of rotatable bonds is 4. The molecule has 0 spiro atoms. The molecule has 1 aromatic heterocycles. The summed E-state index contributed by atoms with van der Waals surface area (Å²) in [6.07, 6.45) is 3.63. The minimum absolute atomic E-state index is 0.107. The van der Waals surface area contributed by atoms with Crippen molar-refractivity contribution in [3.05, 3.63) is 30.6 Å². The maximum Gasteiger partial charge on any atom is 0.162 e. The third-order valence-corrected chi connectivity index (χ3v) is 2.30. The van der Waals surface area contributed by atoms with E-state index in [0.717, 1.165) is 22.9 Å². The van der Waals surface area contributed by atoms with Crippen molar-refractivity contribution >= 4 is 0 Å². The summed E-state index contributed by atoms with van der Waals surface area (Å²) < 4.78 is 11.0. The predicted octanol–water partition coefficient (Wildman–Crippen LogP) is 2.87. The van der Waals surface area contributed by atoms with Crippen LogP contribution in [0.4, 0.5) is 0 Å². The van der Waals surface area contributed by atoms with Gasteiger partial charge in [0.25, 0.3) is 0 Å². The van der Waals surface area contributed by atoms with Crippen molar-refractivity contribution in [1.82, 2.24) is 9.97 Å². The number of ether oxygens (including phenoxy) is 2. The van der Waals surface area contributed by atoms with Crippen LogP contribution in [-0.2, 0) is 0 Å². The van der Waals surface area contributed by atoms with E-state index in [2.05, 4.69) is 9.97 Å². The number of aromatic nitrogens is 2. The van der Waals surface area contributed by atoms with E-state index < -0.39 is 0 Å². The van der Waals surface area contributed by atoms with Gasteiger partial charge in [-0.15, -0.1) is 0 Å². The van der Waals surface area contributed by atoms with Crippen LogP contribution >= 0.6 is 0 Å². The summed E-state index contributed by atoms with van der Waals surface area (Å²) in [7, 11) is 1.63. The van der Waals surface area contributed by atoms with Crippen molar-refractivity contribution < 1.29 is 9.47 Å². The van der Waals surface area contributed by atoms with Gasteiger partial charge in [-0.25, -0.2) is 4.98 Å². The van der Waals surface area contributed by atoms with Gasteiger partial charge in [0.15, 0.2) is 11.5 Å². The highest BCUT2D eigenvalue weighted by Gasteiger charge is 2.09. The molecule has 17 heavy (non-hydrogen) atoms. The molecule has 0 atom stereocenters. The number of nitrogens with zero attached hydrogens (tertiary/aromatic N) is 1. The highest BCUT2D eigenvalue weighted by atomic mass is 16.5. The van der Waals surface area contributed by atoms with Crippen molar-refractivity contribution in [2.24, 2.45) is 0 Å². The highest BCUT2D eigenvalue weighted by molar-refractivity contribution is 5.61. The highest BCUT2D eigenvalue weighted by Crippen LogP contribution is 2.31. The molecule has 4 heteroatoms. The lowest BCUT2D eigenvalue weighted by Crippen LogP contribution is -2.06. The Morgan fingerprint density at radius 3 is 2.65 bits per heavy atom. The molecule has 0 amide bonds. The van der Waals surface area contributed by atoms with Gasteiger partial charge in [-0.1, -0.05) is 0 Å². The molecule has 0 bridgehead atoms. The summed E-state index contributed by atoms with van der Waals surface area (Å²) in [6.45, 7) is 3.97. The molecule has 1 N–H and O–H groups in total.